The number of hydrogen-bond acceptors (Lipinski definition) is 4. The lowest BCUT2D eigenvalue weighted by Gasteiger charge is -2.21. The molecule has 0 amide bonds. The lowest BCUT2D eigenvalue weighted by Crippen LogP contribution is -2.37. The van der Waals surface area contributed by atoms with E-state index in [1.165, 1.54) is 0 Å². The molecular weight excluding hydrogens is 168 g/mol. The van der Waals surface area contributed by atoms with Crippen LogP contribution in [0.25, 0.3) is 0 Å². The van der Waals surface area contributed by atoms with Gasteiger partial charge in [0.2, 0.25) is 0 Å². The van der Waals surface area contributed by atoms with Crippen LogP contribution >= 0.6 is 0 Å². The molecule has 0 saturated carbocycles. The van der Waals surface area contributed by atoms with Gasteiger partial charge >= 0.3 is 5.97 Å². The quantitative estimate of drug-likeness (QED) is 0.592. The highest BCUT2D eigenvalue weighted by Gasteiger charge is 2.30. The van der Waals surface area contributed by atoms with Gasteiger partial charge in [0.15, 0.2) is 0 Å². The smallest absolute Gasteiger partial charge is 0.323 e. The van der Waals surface area contributed by atoms with E-state index >= 15 is 0 Å². The summed E-state index contributed by atoms with van der Waals surface area (Å²) < 4.78 is 4.84. The fourth-order valence-electron chi connectivity index (χ4n) is 1.49. The topological polar surface area (TPSA) is 53.3 Å². The third-order valence-corrected chi connectivity index (χ3v) is 2.22. The highest BCUT2D eigenvalue weighted by molar-refractivity contribution is 5.77. The molecule has 2 atom stereocenters. The van der Waals surface area contributed by atoms with Crippen LogP contribution in [0.5, 0.6) is 0 Å². The summed E-state index contributed by atoms with van der Waals surface area (Å²) in [5.41, 5.74) is 0. The Hall–Kier alpha value is -1.08. The van der Waals surface area contributed by atoms with E-state index in [4.69, 9.17) is 10.00 Å². The number of carbonyl (C=O) groups is 1. The molecule has 1 fully saturated rings. The second-order valence-electron chi connectivity index (χ2n) is 3.44. The van der Waals surface area contributed by atoms with Crippen LogP contribution < -0.4 is 0 Å². The highest BCUT2D eigenvalue weighted by Crippen LogP contribution is 2.13. The number of esters is 1. The first-order chi connectivity index (χ1) is 6.15. The molecule has 72 valence electrons. The van der Waals surface area contributed by atoms with Gasteiger partial charge in [0.25, 0.3) is 0 Å². The number of likely N-dealkylation sites (N-methyl/N-ethyl adjacent to an activating group) is 1. The zero-order chi connectivity index (χ0) is 9.84. The minimum absolute atomic E-state index is 0.0431. The molecule has 1 saturated heterocycles. The van der Waals surface area contributed by atoms with E-state index in [-0.39, 0.29) is 17.9 Å². The maximum atomic E-state index is 11.1. The van der Waals surface area contributed by atoms with E-state index in [0.717, 1.165) is 6.42 Å². The molecular formula is C9H14N2O2. The molecule has 0 radical (unpaired) electrons. The number of nitrogens with zero attached hydrogens (tertiary/aromatic N) is 2. The first kappa shape index (κ1) is 10.0. The predicted octanol–water partition coefficient (Wildman–Crippen LogP) is 0.393. The number of carbonyl (C=O) groups excluding carboxylic acids is 1. The maximum Gasteiger partial charge on any atom is 0.323 e. The molecule has 1 rings (SSSR count). The summed E-state index contributed by atoms with van der Waals surface area (Å²) in [6, 6.07) is 2.00. The number of cyclic esters (lactones) is 1. The van der Waals surface area contributed by atoms with E-state index < -0.39 is 0 Å². The van der Waals surface area contributed by atoms with Crippen LogP contribution in [-0.4, -0.2) is 37.1 Å². The van der Waals surface area contributed by atoms with E-state index in [1.54, 1.807) is 0 Å². The summed E-state index contributed by atoms with van der Waals surface area (Å²) in [6.07, 6.45) is 0.744. The molecule has 1 heterocycles. The van der Waals surface area contributed by atoms with Crippen molar-refractivity contribution in [3.05, 3.63) is 0 Å². The first-order valence-electron chi connectivity index (χ1n) is 4.41. The Balaban J connectivity index is 2.43. The van der Waals surface area contributed by atoms with Crippen LogP contribution in [0.2, 0.25) is 0 Å². The molecule has 0 aromatic heterocycles. The minimum Gasteiger partial charge on any atom is -0.464 e. The van der Waals surface area contributed by atoms with Crippen molar-refractivity contribution in [1.82, 2.24) is 4.90 Å². The van der Waals surface area contributed by atoms with Crippen molar-refractivity contribution in [1.29, 1.82) is 5.26 Å². The molecule has 0 aromatic carbocycles. The zero-order valence-electron chi connectivity index (χ0n) is 7.99. The largest absolute Gasteiger partial charge is 0.464 e. The number of rotatable bonds is 3. The monoisotopic (exact) mass is 182 g/mol. The van der Waals surface area contributed by atoms with Gasteiger partial charge in [-0.15, -0.1) is 0 Å². The lowest BCUT2D eigenvalue weighted by atomic mass is 10.1. The normalized spacial score (nSPS) is 24.2. The van der Waals surface area contributed by atoms with E-state index in [2.05, 4.69) is 6.07 Å². The van der Waals surface area contributed by atoms with Gasteiger partial charge in [-0.3, -0.25) is 9.69 Å². The van der Waals surface area contributed by atoms with E-state index in [1.807, 2.05) is 18.9 Å². The number of ether oxygens (including phenoxy) is 1. The molecule has 0 aliphatic carbocycles. The summed E-state index contributed by atoms with van der Waals surface area (Å²) in [6.45, 7) is 2.97. The molecule has 1 aliphatic heterocycles. The predicted molar refractivity (Wildman–Crippen MR) is 46.8 cm³/mol. The molecule has 13 heavy (non-hydrogen) atoms. The lowest BCUT2D eigenvalue weighted by molar-refractivity contribution is -0.142. The summed E-state index contributed by atoms with van der Waals surface area (Å²) in [7, 11) is 1.85. The molecule has 4 heteroatoms. The van der Waals surface area contributed by atoms with Crippen molar-refractivity contribution in [3.8, 4) is 6.07 Å². The van der Waals surface area contributed by atoms with Gasteiger partial charge in [0.05, 0.1) is 18.6 Å². The Kier molecular flexibility index (Phi) is 3.26. The number of nitriles is 1. The fourth-order valence-corrected chi connectivity index (χ4v) is 1.49. The Morgan fingerprint density at radius 2 is 2.54 bits per heavy atom. The van der Waals surface area contributed by atoms with E-state index in [9.17, 15) is 4.79 Å². The van der Waals surface area contributed by atoms with Gasteiger partial charge < -0.3 is 4.74 Å². The van der Waals surface area contributed by atoms with Gasteiger partial charge in [-0.1, -0.05) is 0 Å². The molecule has 0 bridgehead atoms. The number of hydrogen-bond donors (Lipinski definition) is 0. The van der Waals surface area contributed by atoms with Crippen LogP contribution in [-0.2, 0) is 9.53 Å². The third kappa shape index (κ3) is 2.43. The summed E-state index contributed by atoms with van der Waals surface area (Å²) >= 11 is 0. The standard InChI is InChI=1S/C9H14N2O2/c1-7(5-10)6-11(2)8-3-4-13-9(8)12/h7-8H,3-4,6H2,1-2H3. The molecule has 0 spiro atoms. The van der Waals surface area contributed by atoms with Crippen molar-refractivity contribution >= 4 is 5.97 Å². The first-order valence-corrected chi connectivity index (χ1v) is 4.41. The second-order valence-corrected chi connectivity index (χ2v) is 3.44. The average molecular weight is 182 g/mol. The summed E-state index contributed by atoms with van der Waals surface area (Å²) in [5.74, 6) is -0.203. The molecule has 0 N–H and O–H groups in total. The summed E-state index contributed by atoms with van der Waals surface area (Å²) in [4.78, 5) is 13.0. The van der Waals surface area contributed by atoms with Gasteiger partial charge in [-0.25, -0.2) is 0 Å². The zero-order valence-corrected chi connectivity index (χ0v) is 7.99. The van der Waals surface area contributed by atoms with Gasteiger partial charge in [-0.05, 0) is 14.0 Å². The summed E-state index contributed by atoms with van der Waals surface area (Å²) in [5, 5.41) is 8.60. The fraction of sp³-hybridized carbons (Fsp3) is 0.778. The Labute approximate surface area is 78.1 Å². The van der Waals surface area contributed by atoms with Crippen LogP contribution in [0.3, 0.4) is 0 Å². The van der Waals surface area contributed by atoms with Gasteiger partial charge in [0, 0.05) is 13.0 Å². The van der Waals surface area contributed by atoms with Crippen LogP contribution in [0, 0.1) is 17.2 Å². The average Bonchev–Trinajstić information content (AvgIpc) is 2.51. The van der Waals surface area contributed by atoms with Crippen molar-refractivity contribution in [2.24, 2.45) is 5.92 Å². The van der Waals surface area contributed by atoms with Crippen LogP contribution in [0.4, 0.5) is 0 Å². The maximum absolute atomic E-state index is 11.1. The SMILES string of the molecule is CC(C#N)CN(C)C1CCOC1=O. The highest BCUT2D eigenvalue weighted by atomic mass is 16.5. The van der Waals surface area contributed by atoms with Crippen molar-refractivity contribution < 1.29 is 9.53 Å². The van der Waals surface area contributed by atoms with Crippen molar-refractivity contribution in [2.45, 2.75) is 19.4 Å². The molecule has 4 nitrogen and oxygen atoms in total. The van der Waals surface area contributed by atoms with Crippen molar-refractivity contribution in [2.75, 3.05) is 20.2 Å². The Bertz CT molecular complexity index is 234. The van der Waals surface area contributed by atoms with E-state index in [0.29, 0.717) is 13.2 Å². The van der Waals surface area contributed by atoms with Crippen LogP contribution in [0.15, 0.2) is 0 Å². The Morgan fingerprint density at radius 3 is 3.00 bits per heavy atom. The van der Waals surface area contributed by atoms with Gasteiger partial charge in [-0.2, -0.15) is 5.26 Å². The molecule has 2 unspecified atom stereocenters. The second kappa shape index (κ2) is 4.24. The minimum atomic E-state index is -0.160. The molecule has 1 aliphatic rings. The third-order valence-electron chi connectivity index (χ3n) is 2.22. The Morgan fingerprint density at radius 1 is 1.85 bits per heavy atom. The van der Waals surface area contributed by atoms with Crippen LogP contribution in [0.1, 0.15) is 13.3 Å². The molecule has 0 aromatic rings. The van der Waals surface area contributed by atoms with Crippen molar-refractivity contribution in [3.63, 3.8) is 0 Å². The van der Waals surface area contributed by atoms with Gasteiger partial charge in [0.1, 0.15) is 6.04 Å².